The lowest BCUT2D eigenvalue weighted by Crippen LogP contribution is -2.50. The van der Waals surface area contributed by atoms with E-state index in [0.29, 0.717) is 18.6 Å². The summed E-state index contributed by atoms with van der Waals surface area (Å²) in [5, 5.41) is 4.70. The van der Waals surface area contributed by atoms with Crippen LogP contribution in [0.5, 0.6) is 0 Å². The third kappa shape index (κ3) is 4.55. The van der Waals surface area contributed by atoms with Crippen LogP contribution >= 0.6 is 11.8 Å². The van der Waals surface area contributed by atoms with Gasteiger partial charge in [-0.2, -0.15) is 0 Å². The Hall–Kier alpha value is -2.55. The highest BCUT2D eigenvalue weighted by Gasteiger charge is 2.57. The first-order valence-corrected chi connectivity index (χ1v) is 10.4. The monoisotopic (exact) mass is 419 g/mol. The molecule has 0 radical (unpaired) electrons. The van der Waals surface area contributed by atoms with E-state index in [-0.39, 0.29) is 5.91 Å². The van der Waals surface area contributed by atoms with Crippen molar-refractivity contribution in [3.63, 3.8) is 0 Å². The van der Waals surface area contributed by atoms with Crippen LogP contribution in [0.25, 0.3) is 0 Å². The minimum absolute atomic E-state index is 0.102. The lowest BCUT2D eigenvalue weighted by Gasteiger charge is -2.33. The standard InChI is InChI=1S/C20H25N3O5S/c1-19(2,3)22-18(27)21-15(24)11-28-17(26)14-12-29-20(10-9-16(25)23(14)20)13-7-5-4-6-8-13/h4-8,14H,9-12H2,1-3H3,(H2,21,22,24,27)/t14-,20+/m0/s1. The first-order chi connectivity index (χ1) is 13.6. The molecule has 3 rings (SSSR count). The molecule has 4 amide bonds. The number of imide groups is 1. The molecule has 2 fully saturated rings. The van der Waals surface area contributed by atoms with Gasteiger partial charge in [0.15, 0.2) is 6.61 Å². The molecule has 0 saturated carbocycles. The van der Waals surface area contributed by atoms with Crippen LogP contribution in [-0.2, 0) is 24.0 Å². The lowest BCUT2D eigenvalue weighted by atomic mass is 10.0. The summed E-state index contributed by atoms with van der Waals surface area (Å²) in [5.41, 5.74) is 0.474. The van der Waals surface area contributed by atoms with Crippen molar-refractivity contribution in [2.75, 3.05) is 12.4 Å². The first-order valence-electron chi connectivity index (χ1n) is 9.43. The second-order valence-electron chi connectivity index (χ2n) is 8.10. The molecule has 0 aliphatic carbocycles. The molecule has 2 saturated heterocycles. The smallest absolute Gasteiger partial charge is 0.330 e. The van der Waals surface area contributed by atoms with Gasteiger partial charge in [0.1, 0.15) is 10.9 Å². The fourth-order valence-electron chi connectivity index (χ4n) is 3.58. The molecule has 1 aromatic rings. The minimum atomic E-state index is -0.758. The topological polar surface area (TPSA) is 105 Å². The van der Waals surface area contributed by atoms with E-state index >= 15 is 0 Å². The molecule has 0 unspecified atom stereocenters. The van der Waals surface area contributed by atoms with Gasteiger partial charge in [0.2, 0.25) is 5.91 Å². The van der Waals surface area contributed by atoms with Gasteiger partial charge in [-0.1, -0.05) is 30.3 Å². The Balaban J connectivity index is 1.61. The van der Waals surface area contributed by atoms with Crippen LogP contribution in [0.3, 0.4) is 0 Å². The van der Waals surface area contributed by atoms with Crippen molar-refractivity contribution in [3.05, 3.63) is 35.9 Å². The molecular weight excluding hydrogens is 394 g/mol. The Morgan fingerprint density at radius 2 is 1.93 bits per heavy atom. The second-order valence-corrected chi connectivity index (χ2v) is 9.40. The van der Waals surface area contributed by atoms with Crippen LogP contribution < -0.4 is 10.6 Å². The SMILES string of the molecule is CC(C)(C)NC(=O)NC(=O)COC(=O)[C@@H]1CS[C@@]2(c3ccccc3)CCC(=O)N12. The van der Waals surface area contributed by atoms with E-state index in [9.17, 15) is 19.2 Å². The van der Waals surface area contributed by atoms with Crippen molar-refractivity contribution in [1.29, 1.82) is 0 Å². The van der Waals surface area contributed by atoms with Crippen molar-refractivity contribution in [3.8, 4) is 0 Å². The van der Waals surface area contributed by atoms with Gasteiger partial charge in [-0.25, -0.2) is 9.59 Å². The number of hydrogen-bond acceptors (Lipinski definition) is 6. The molecule has 9 heteroatoms. The predicted molar refractivity (Wildman–Crippen MR) is 108 cm³/mol. The molecule has 0 aromatic heterocycles. The third-order valence-electron chi connectivity index (χ3n) is 4.71. The zero-order chi connectivity index (χ0) is 21.2. The van der Waals surface area contributed by atoms with Crippen LogP contribution in [0, 0.1) is 0 Å². The van der Waals surface area contributed by atoms with Crippen LogP contribution in [0.4, 0.5) is 4.79 Å². The van der Waals surface area contributed by atoms with E-state index in [1.807, 2.05) is 30.3 Å². The van der Waals surface area contributed by atoms with Gasteiger partial charge in [-0.05, 0) is 32.8 Å². The van der Waals surface area contributed by atoms with Crippen molar-refractivity contribution < 1.29 is 23.9 Å². The average Bonchev–Trinajstić information content (AvgIpc) is 3.18. The molecule has 1 aromatic carbocycles. The van der Waals surface area contributed by atoms with E-state index in [4.69, 9.17) is 4.74 Å². The van der Waals surface area contributed by atoms with Gasteiger partial charge in [0, 0.05) is 17.7 Å². The maximum Gasteiger partial charge on any atom is 0.330 e. The van der Waals surface area contributed by atoms with Crippen molar-refractivity contribution in [1.82, 2.24) is 15.5 Å². The highest BCUT2D eigenvalue weighted by atomic mass is 32.2. The summed E-state index contributed by atoms with van der Waals surface area (Å²) < 4.78 is 5.12. The van der Waals surface area contributed by atoms with Crippen molar-refractivity contribution >= 4 is 35.6 Å². The Morgan fingerprint density at radius 1 is 1.24 bits per heavy atom. The summed E-state index contributed by atoms with van der Waals surface area (Å²) in [4.78, 5) is 49.8. The summed E-state index contributed by atoms with van der Waals surface area (Å²) in [6.07, 6.45) is 0.983. The van der Waals surface area contributed by atoms with Crippen LogP contribution in [0.2, 0.25) is 0 Å². The molecule has 0 spiro atoms. The van der Waals surface area contributed by atoms with E-state index in [1.54, 1.807) is 37.4 Å². The summed E-state index contributed by atoms with van der Waals surface area (Å²) in [6.45, 7) is 4.75. The Labute approximate surface area is 173 Å². The number of esters is 1. The summed E-state index contributed by atoms with van der Waals surface area (Å²) in [7, 11) is 0. The largest absolute Gasteiger partial charge is 0.454 e. The maximum absolute atomic E-state index is 12.6. The first kappa shape index (κ1) is 21.2. The van der Waals surface area contributed by atoms with Gasteiger partial charge < -0.3 is 15.0 Å². The number of hydrogen-bond donors (Lipinski definition) is 2. The summed E-state index contributed by atoms with van der Waals surface area (Å²) >= 11 is 1.54. The zero-order valence-corrected chi connectivity index (χ0v) is 17.5. The fourth-order valence-corrected chi connectivity index (χ4v) is 5.22. The fraction of sp³-hybridized carbons (Fsp3) is 0.500. The van der Waals surface area contributed by atoms with Gasteiger partial charge >= 0.3 is 12.0 Å². The van der Waals surface area contributed by atoms with Crippen LogP contribution in [0.1, 0.15) is 39.2 Å². The number of urea groups is 1. The zero-order valence-electron chi connectivity index (χ0n) is 16.7. The number of fused-ring (bicyclic) bond motifs is 1. The highest BCUT2D eigenvalue weighted by Crippen LogP contribution is 2.54. The molecule has 29 heavy (non-hydrogen) atoms. The number of nitrogens with zero attached hydrogens (tertiary/aromatic N) is 1. The Bertz CT molecular complexity index is 823. The van der Waals surface area contributed by atoms with Crippen molar-refractivity contribution in [2.45, 2.75) is 50.1 Å². The number of ether oxygens (including phenoxy) is 1. The van der Waals surface area contributed by atoms with E-state index in [2.05, 4.69) is 10.6 Å². The second kappa shape index (κ2) is 8.06. The average molecular weight is 420 g/mol. The quantitative estimate of drug-likeness (QED) is 0.721. The van der Waals surface area contributed by atoms with Crippen molar-refractivity contribution in [2.24, 2.45) is 0 Å². The molecule has 0 bridgehead atoms. The summed E-state index contributed by atoms with van der Waals surface area (Å²) in [5.74, 6) is -1.08. The number of carbonyl (C=O) groups excluding carboxylic acids is 4. The van der Waals surface area contributed by atoms with E-state index < -0.39 is 41.0 Å². The third-order valence-corrected chi connectivity index (χ3v) is 6.31. The number of thioether (sulfide) groups is 1. The minimum Gasteiger partial charge on any atom is -0.454 e. The number of amides is 4. The van der Waals surface area contributed by atoms with Gasteiger partial charge in [0.25, 0.3) is 5.91 Å². The Kier molecular flexibility index (Phi) is 5.88. The summed E-state index contributed by atoms with van der Waals surface area (Å²) in [6, 6.07) is 8.20. The van der Waals surface area contributed by atoms with Gasteiger partial charge in [0.05, 0.1) is 0 Å². The normalized spacial score (nSPS) is 23.5. The van der Waals surface area contributed by atoms with Crippen LogP contribution in [-0.4, -0.2) is 52.7 Å². The highest BCUT2D eigenvalue weighted by molar-refractivity contribution is 8.00. The molecular formula is C20H25N3O5S. The molecule has 2 heterocycles. The maximum atomic E-state index is 12.6. The lowest BCUT2D eigenvalue weighted by molar-refractivity contribution is -0.156. The predicted octanol–water partition coefficient (Wildman–Crippen LogP) is 1.74. The molecule has 8 nitrogen and oxygen atoms in total. The van der Waals surface area contributed by atoms with Crippen LogP contribution in [0.15, 0.2) is 30.3 Å². The number of benzene rings is 1. The Morgan fingerprint density at radius 3 is 2.59 bits per heavy atom. The van der Waals surface area contributed by atoms with Gasteiger partial charge in [-0.3, -0.25) is 14.9 Å². The number of carbonyl (C=O) groups is 4. The van der Waals surface area contributed by atoms with Gasteiger partial charge in [-0.15, -0.1) is 11.8 Å². The molecule has 156 valence electrons. The molecule has 2 aliphatic rings. The molecule has 2 atom stereocenters. The molecule has 2 N–H and O–H groups in total. The van der Waals surface area contributed by atoms with E-state index in [1.165, 1.54) is 0 Å². The van der Waals surface area contributed by atoms with E-state index in [0.717, 1.165) is 5.56 Å². The number of nitrogens with one attached hydrogen (secondary N) is 2. The number of rotatable bonds is 4. The molecule has 2 aliphatic heterocycles.